The maximum atomic E-state index is 12.8. The molecule has 1 aromatic carbocycles. The average molecular weight is 399 g/mol. The van der Waals surface area contributed by atoms with Crippen LogP contribution in [0.4, 0.5) is 5.69 Å². The van der Waals surface area contributed by atoms with Gasteiger partial charge in [0, 0.05) is 12.6 Å². The van der Waals surface area contributed by atoms with Crippen LogP contribution in [0, 0.1) is 5.41 Å². The first-order valence-electron chi connectivity index (χ1n) is 10.2. The van der Waals surface area contributed by atoms with Crippen molar-refractivity contribution in [2.45, 2.75) is 58.4 Å². The lowest BCUT2D eigenvalue weighted by molar-refractivity contribution is 0.0921. The molecule has 1 amide bonds. The van der Waals surface area contributed by atoms with E-state index in [1.54, 1.807) is 0 Å². The van der Waals surface area contributed by atoms with Gasteiger partial charge < -0.3 is 15.6 Å². The van der Waals surface area contributed by atoms with Crippen LogP contribution in [0.5, 0.6) is 0 Å². The van der Waals surface area contributed by atoms with E-state index >= 15 is 0 Å². The van der Waals surface area contributed by atoms with Crippen molar-refractivity contribution in [2.75, 3.05) is 11.9 Å². The summed E-state index contributed by atoms with van der Waals surface area (Å²) in [4.78, 5) is 41.5. The van der Waals surface area contributed by atoms with Crippen LogP contribution >= 0.6 is 0 Å². The van der Waals surface area contributed by atoms with Gasteiger partial charge in [0.2, 0.25) is 0 Å². The number of hydrogen-bond donors (Lipinski definition) is 4. The predicted octanol–water partition coefficient (Wildman–Crippen LogP) is 2.98. The van der Waals surface area contributed by atoms with E-state index < -0.39 is 17.2 Å². The highest BCUT2D eigenvalue weighted by molar-refractivity contribution is 5.97. The number of nitrogens with one attached hydrogen (secondary N) is 4. The molecule has 0 bridgehead atoms. The van der Waals surface area contributed by atoms with Crippen molar-refractivity contribution in [1.82, 2.24) is 15.3 Å². The molecule has 1 aromatic heterocycles. The zero-order valence-corrected chi connectivity index (χ0v) is 17.3. The topological polar surface area (TPSA) is 107 Å². The number of H-pyrrole nitrogens is 2. The van der Waals surface area contributed by atoms with Crippen LogP contribution < -0.4 is 21.9 Å². The first kappa shape index (κ1) is 20.9. The number of carbonyl (C=O) groups is 1. The molecule has 1 heterocycles. The molecule has 3 rings (SSSR count). The van der Waals surface area contributed by atoms with Crippen molar-refractivity contribution in [3.8, 4) is 0 Å². The van der Waals surface area contributed by atoms with Gasteiger partial charge in [0.15, 0.2) is 0 Å². The summed E-state index contributed by atoms with van der Waals surface area (Å²) in [6, 6.07) is 10.5. The van der Waals surface area contributed by atoms with Crippen LogP contribution in [0.3, 0.4) is 0 Å². The molecule has 7 heteroatoms. The van der Waals surface area contributed by atoms with Crippen LogP contribution in [0.25, 0.3) is 0 Å². The number of carbonyl (C=O) groups excluding carboxylic acids is 1. The van der Waals surface area contributed by atoms with E-state index in [-0.39, 0.29) is 22.8 Å². The van der Waals surface area contributed by atoms with Crippen molar-refractivity contribution in [3.63, 3.8) is 0 Å². The summed E-state index contributed by atoms with van der Waals surface area (Å²) in [6.07, 6.45) is 3.72. The van der Waals surface area contributed by atoms with Crippen LogP contribution in [-0.2, 0) is 0 Å². The maximum absolute atomic E-state index is 12.8. The Balaban J connectivity index is 1.68. The fourth-order valence-electron chi connectivity index (χ4n) is 3.73. The molecule has 4 N–H and O–H groups in total. The molecule has 1 saturated carbocycles. The molecule has 0 atom stereocenters. The quantitative estimate of drug-likeness (QED) is 0.621. The highest BCUT2D eigenvalue weighted by atomic mass is 16.2. The predicted molar refractivity (Wildman–Crippen MR) is 115 cm³/mol. The Morgan fingerprint density at radius 1 is 1.03 bits per heavy atom. The van der Waals surface area contributed by atoms with E-state index in [2.05, 4.69) is 44.9 Å². The molecular formula is C22H30N4O3. The molecule has 0 radical (unpaired) electrons. The van der Waals surface area contributed by atoms with Gasteiger partial charge in [-0.05, 0) is 42.6 Å². The largest absolute Gasteiger partial charge is 0.378 e. The second-order valence-electron chi connectivity index (χ2n) is 9.01. The molecule has 29 heavy (non-hydrogen) atoms. The summed E-state index contributed by atoms with van der Waals surface area (Å²) in [5.74, 6) is 0.0838. The fourth-order valence-corrected chi connectivity index (χ4v) is 3.73. The lowest BCUT2D eigenvalue weighted by Crippen LogP contribution is -2.40. The van der Waals surface area contributed by atoms with Crippen molar-refractivity contribution in [1.29, 1.82) is 0 Å². The molecule has 156 valence electrons. The van der Waals surface area contributed by atoms with Crippen molar-refractivity contribution in [3.05, 3.63) is 62.4 Å². The number of benzene rings is 1. The van der Waals surface area contributed by atoms with Gasteiger partial charge in [-0.1, -0.05) is 51.1 Å². The summed E-state index contributed by atoms with van der Waals surface area (Å²) >= 11 is 0. The minimum Gasteiger partial charge on any atom is -0.378 e. The minimum atomic E-state index is -0.686. The van der Waals surface area contributed by atoms with Gasteiger partial charge >= 0.3 is 5.69 Å². The molecule has 1 fully saturated rings. The Hall–Kier alpha value is -2.83. The summed E-state index contributed by atoms with van der Waals surface area (Å²) < 4.78 is 0. The minimum absolute atomic E-state index is 0.00631. The zero-order chi connectivity index (χ0) is 21.0. The van der Waals surface area contributed by atoms with E-state index in [4.69, 9.17) is 0 Å². The first-order chi connectivity index (χ1) is 13.7. The van der Waals surface area contributed by atoms with E-state index in [0.717, 1.165) is 25.7 Å². The van der Waals surface area contributed by atoms with E-state index in [1.165, 1.54) is 5.56 Å². The summed E-state index contributed by atoms with van der Waals surface area (Å²) in [6.45, 7) is 6.55. The average Bonchev–Trinajstić information content (AvgIpc) is 2.67. The second kappa shape index (κ2) is 8.68. The standard InChI is InChI=1S/C22H30N4O3/c1-22(2,3)13-23-17-18(25-21(29)26-19(17)27)20(28)24-16-11-9-15(10-12-16)14-7-5-4-6-8-14/h4-8,15-16,23H,9-13H2,1-3H3,(H,24,28)(H2,25,26,27,29). The van der Waals surface area contributed by atoms with Gasteiger partial charge in [-0.15, -0.1) is 0 Å². The Labute approximate surface area is 170 Å². The van der Waals surface area contributed by atoms with Crippen LogP contribution in [-0.4, -0.2) is 28.5 Å². The summed E-state index contributed by atoms with van der Waals surface area (Å²) in [5.41, 5.74) is 0.0739. The van der Waals surface area contributed by atoms with Crippen molar-refractivity contribution in [2.24, 2.45) is 5.41 Å². The van der Waals surface area contributed by atoms with E-state index in [9.17, 15) is 14.4 Å². The Bertz CT molecular complexity index is 949. The molecule has 0 spiro atoms. The number of rotatable bonds is 5. The smallest absolute Gasteiger partial charge is 0.326 e. The molecule has 0 aliphatic heterocycles. The van der Waals surface area contributed by atoms with Gasteiger partial charge in [0.05, 0.1) is 0 Å². The zero-order valence-electron chi connectivity index (χ0n) is 17.3. The highest BCUT2D eigenvalue weighted by Gasteiger charge is 2.26. The highest BCUT2D eigenvalue weighted by Crippen LogP contribution is 2.32. The van der Waals surface area contributed by atoms with Gasteiger partial charge in [-0.25, -0.2) is 4.79 Å². The number of anilines is 1. The third-order valence-electron chi connectivity index (χ3n) is 5.30. The van der Waals surface area contributed by atoms with Gasteiger partial charge in [0.1, 0.15) is 11.4 Å². The third kappa shape index (κ3) is 5.59. The number of aromatic amines is 2. The molecule has 2 aromatic rings. The normalized spacial score (nSPS) is 19.6. The van der Waals surface area contributed by atoms with Gasteiger partial charge in [0.25, 0.3) is 11.5 Å². The van der Waals surface area contributed by atoms with Crippen molar-refractivity contribution >= 4 is 11.6 Å². The molecule has 0 saturated heterocycles. The first-order valence-corrected chi connectivity index (χ1v) is 10.2. The Morgan fingerprint density at radius 2 is 1.69 bits per heavy atom. The maximum Gasteiger partial charge on any atom is 0.326 e. The molecule has 0 unspecified atom stereocenters. The molecule has 1 aliphatic rings. The summed E-state index contributed by atoms with van der Waals surface area (Å²) in [7, 11) is 0. The van der Waals surface area contributed by atoms with Crippen LogP contribution in [0.2, 0.25) is 0 Å². The van der Waals surface area contributed by atoms with Gasteiger partial charge in [-0.2, -0.15) is 0 Å². The fraction of sp³-hybridized carbons (Fsp3) is 0.500. The van der Waals surface area contributed by atoms with Crippen LogP contribution in [0.15, 0.2) is 39.9 Å². The van der Waals surface area contributed by atoms with E-state index in [0.29, 0.717) is 12.5 Å². The lowest BCUT2D eigenvalue weighted by atomic mass is 9.82. The lowest BCUT2D eigenvalue weighted by Gasteiger charge is -2.29. The van der Waals surface area contributed by atoms with Gasteiger partial charge in [-0.3, -0.25) is 14.6 Å². The van der Waals surface area contributed by atoms with Crippen LogP contribution in [0.1, 0.15) is 68.4 Å². The molecule has 1 aliphatic carbocycles. The Morgan fingerprint density at radius 3 is 2.31 bits per heavy atom. The monoisotopic (exact) mass is 398 g/mol. The second-order valence-corrected chi connectivity index (χ2v) is 9.01. The number of aromatic nitrogens is 2. The number of hydrogen-bond acceptors (Lipinski definition) is 4. The molecular weight excluding hydrogens is 368 g/mol. The Kier molecular flexibility index (Phi) is 6.25. The number of amides is 1. The summed E-state index contributed by atoms with van der Waals surface area (Å²) in [5, 5.41) is 6.02. The third-order valence-corrected chi connectivity index (χ3v) is 5.30. The molecule has 7 nitrogen and oxygen atoms in total. The van der Waals surface area contributed by atoms with E-state index in [1.807, 2.05) is 26.8 Å². The van der Waals surface area contributed by atoms with Crippen molar-refractivity contribution < 1.29 is 4.79 Å². The SMILES string of the molecule is CC(C)(C)CNc1c(C(=O)NC2CCC(c3ccccc3)CC2)[nH]c(=O)[nH]c1=O.